The van der Waals surface area contributed by atoms with Crippen LogP contribution in [0.3, 0.4) is 0 Å². The Hall–Kier alpha value is -2.92. The van der Waals surface area contributed by atoms with Crippen LogP contribution < -0.4 is 0 Å². The van der Waals surface area contributed by atoms with Crippen LogP contribution in [0.5, 0.6) is 0 Å². The zero-order chi connectivity index (χ0) is 26.6. The van der Waals surface area contributed by atoms with Crippen LogP contribution in [0.25, 0.3) is 0 Å². The van der Waals surface area contributed by atoms with Crippen molar-refractivity contribution in [1.82, 2.24) is 0 Å². The first kappa shape index (κ1) is 30.3. The number of carbonyl (C=O) groups is 2. The molecule has 2 aromatic rings. The van der Waals surface area contributed by atoms with Crippen molar-refractivity contribution in [2.45, 2.75) is 96.2 Å². The van der Waals surface area contributed by atoms with Crippen LogP contribution in [-0.4, -0.2) is 35.9 Å². The number of hydrogen-bond donors (Lipinski definition) is 1. The van der Waals surface area contributed by atoms with E-state index in [4.69, 9.17) is 9.47 Å². The first-order valence-corrected chi connectivity index (χ1v) is 13.9. The van der Waals surface area contributed by atoms with Crippen LogP contribution in [-0.2, 0) is 9.47 Å². The molecule has 202 valence electrons. The summed E-state index contributed by atoms with van der Waals surface area (Å²) in [5.74, 6) is -1.06. The van der Waals surface area contributed by atoms with Crippen molar-refractivity contribution in [3.05, 3.63) is 83.9 Å². The quantitative estimate of drug-likeness (QED) is 0.120. The molecule has 5 heteroatoms. The Morgan fingerprint density at radius 1 is 0.730 bits per heavy atom. The molecule has 0 saturated carbocycles. The summed E-state index contributed by atoms with van der Waals surface area (Å²) in [7, 11) is 0. The van der Waals surface area contributed by atoms with Crippen molar-refractivity contribution >= 4 is 11.9 Å². The minimum Gasteiger partial charge on any atom is -0.459 e. The Balaban J connectivity index is 1.76. The van der Waals surface area contributed by atoms with Gasteiger partial charge < -0.3 is 14.6 Å². The number of rotatable bonds is 19. The molecule has 37 heavy (non-hydrogen) atoms. The Morgan fingerprint density at radius 2 is 1.22 bits per heavy atom. The van der Waals surface area contributed by atoms with Gasteiger partial charge in [0.1, 0.15) is 18.8 Å². The minimum atomic E-state index is -1.17. The molecular formula is C32H44O5. The van der Waals surface area contributed by atoms with Crippen LogP contribution in [0.2, 0.25) is 0 Å². The van der Waals surface area contributed by atoms with Gasteiger partial charge in [0.15, 0.2) is 0 Å². The molecule has 0 heterocycles. The van der Waals surface area contributed by atoms with E-state index in [1.807, 2.05) is 18.2 Å². The monoisotopic (exact) mass is 508 g/mol. The van der Waals surface area contributed by atoms with E-state index in [1.165, 1.54) is 57.8 Å². The van der Waals surface area contributed by atoms with Gasteiger partial charge in [-0.3, -0.25) is 0 Å². The normalized spacial score (nSPS) is 12.8. The topological polar surface area (TPSA) is 72.8 Å². The lowest BCUT2D eigenvalue weighted by Gasteiger charge is -2.20. The molecule has 0 aromatic heterocycles. The Labute approximate surface area is 222 Å². The van der Waals surface area contributed by atoms with E-state index < -0.39 is 24.1 Å². The lowest BCUT2D eigenvalue weighted by Crippen LogP contribution is -2.34. The molecule has 2 aromatic carbocycles. The van der Waals surface area contributed by atoms with Crippen molar-refractivity contribution in [3.8, 4) is 0 Å². The highest BCUT2D eigenvalue weighted by molar-refractivity contribution is 5.90. The van der Waals surface area contributed by atoms with Gasteiger partial charge >= 0.3 is 11.9 Å². The molecule has 0 unspecified atom stereocenters. The first-order chi connectivity index (χ1) is 18.1. The molecule has 0 aliphatic rings. The van der Waals surface area contributed by atoms with Gasteiger partial charge in [0.2, 0.25) is 0 Å². The van der Waals surface area contributed by atoms with Gasteiger partial charge in [-0.05, 0) is 43.2 Å². The number of benzene rings is 2. The second-order valence-corrected chi connectivity index (χ2v) is 9.52. The molecule has 0 spiro atoms. The molecule has 0 aliphatic heterocycles. The maximum Gasteiger partial charge on any atom is 0.338 e. The molecule has 0 aliphatic carbocycles. The number of ether oxygens (including phenoxy) is 2. The Morgan fingerprint density at radius 3 is 1.76 bits per heavy atom. The van der Waals surface area contributed by atoms with E-state index in [2.05, 4.69) is 6.92 Å². The SMILES string of the molecule is CCCCCCCCCCCCC/C=C/[C@@H](OC(=O)c1ccccc1)[C@H](O)COC(=O)c1ccccc1. The highest BCUT2D eigenvalue weighted by Gasteiger charge is 2.23. The molecule has 0 radical (unpaired) electrons. The molecule has 5 nitrogen and oxygen atoms in total. The summed E-state index contributed by atoms with van der Waals surface area (Å²) in [5.41, 5.74) is 0.805. The fourth-order valence-electron chi connectivity index (χ4n) is 4.08. The van der Waals surface area contributed by atoms with Crippen LogP contribution in [0.1, 0.15) is 105 Å². The standard InChI is InChI=1S/C32H44O5/c1-2-3-4-5-6-7-8-9-10-11-12-13-20-25-30(37-32(35)28-23-18-15-19-24-28)29(33)26-36-31(34)27-21-16-14-17-22-27/h14-25,29-30,33H,2-13,26H2,1H3/b25-20+/t29-,30-/m1/s1. The van der Waals surface area contributed by atoms with E-state index in [0.29, 0.717) is 11.1 Å². The van der Waals surface area contributed by atoms with Crippen LogP contribution in [0, 0.1) is 0 Å². The van der Waals surface area contributed by atoms with Crippen molar-refractivity contribution in [2.75, 3.05) is 6.61 Å². The number of aliphatic hydroxyl groups excluding tert-OH is 1. The van der Waals surface area contributed by atoms with Gasteiger partial charge in [0, 0.05) is 0 Å². The van der Waals surface area contributed by atoms with Crippen LogP contribution in [0.4, 0.5) is 0 Å². The van der Waals surface area contributed by atoms with Crippen molar-refractivity contribution in [2.24, 2.45) is 0 Å². The average molecular weight is 509 g/mol. The Bertz CT molecular complexity index is 894. The second kappa shape index (κ2) is 19.2. The zero-order valence-electron chi connectivity index (χ0n) is 22.4. The van der Waals surface area contributed by atoms with Crippen LogP contribution >= 0.6 is 0 Å². The highest BCUT2D eigenvalue weighted by atomic mass is 16.6. The van der Waals surface area contributed by atoms with E-state index in [1.54, 1.807) is 54.6 Å². The predicted octanol–water partition coefficient (Wildman–Crippen LogP) is 7.69. The molecule has 2 rings (SSSR count). The van der Waals surface area contributed by atoms with Crippen molar-refractivity contribution < 1.29 is 24.2 Å². The van der Waals surface area contributed by atoms with Gasteiger partial charge in [0.05, 0.1) is 11.1 Å². The largest absolute Gasteiger partial charge is 0.459 e. The zero-order valence-corrected chi connectivity index (χ0v) is 22.4. The van der Waals surface area contributed by atoms with E-state index in [9.17, 15) is 14.7 Å². The van der Waals surface area contributed by atoms with Gasteiger partial charge in [-0.25, -0.2) is 9.59 Å². The summed E-state index contributed by atoms with van der Waals surface area (Å²) in [6, 6.07) is 17.3. The highest BCUT2D eigenvalue weighted by Crippen LogP contribution is 2.14. The fourth-order valence-corrected chi connectivity index (χ4v) is 4.08. The third kappa shape index (κ3) is 13.3. The van der Waals surface area contributed by atoms with E-state index in [-0.39, 0.29) is 6.61 Å². The second-order valence-electron chi connectivity index (χ2n) is 9.52. The summed E-state index contributed by atoms with van der Waals surface area (Å²) < 4.78 is 10.8. The average Bonchev–Trinajstić information content (AvgIpc) is 2.94. The maximum absolute atomic E-state index is 12.6. The smallest absolute Gasteiger partial charge is 0.338 e. The third-order valence-electron chi connectivity index (χ3n) is 6.33. The number of carbonyl (C=O) groups excluding carboxylic acids is 2. The summed E-state index contributed by atoms with van der Waals surface area (Å²) in [6.45, 7) is 1.97. The van der Waals surface area contributed by atoms with Crippen molar-refractivity contribution in [1.29, 1.82) is 0 Å². The number of esters is 2. The summed E-state index contributed by atoms with van der Waals surface area (Å²) in [4.78, 5) is 24.8. The lowest BCUT2D eigenvalue weighted by molar-refractivity contribution is -0.0275. The molecule has 0 amide bonds. The van der Waals surface area contributed by atoms with Gasteiger partial charge in [-0.15, -0.1) is 0 Å². The Kier molecular flexibility index (Phi) is 15.7. The number of unbranched alkanes of at least 4 members (excludes halogenated alkanes) is 11. The van der Waals surface area contributed by atoms with Crippen molar-refractivity contribution in [3.63, 3.8) is 0 Å². The summed E-state index contributed by atoms with van der Waals surface area (Å²) in [5, 5.41) is 10.7. The molecule has 1 N–H and O–H groups in total. The summed E-state index contributed by atoms with van der Waals surface area (Å²) in [6.07, 6.45) is 16.5. The van der Waals surface area contributed by atoms with Gasteiger partial charge in [0.25, 0.3) is 0 Å². The van der Waals surface area contributed by atoms with E-state index >= 15 is 0 Å². The molecule has 0 fully saturated rings. The molecule has 2 atom stereocenters. The van der Waals surface area contributed by atoms with Gasteiger partial charge in [-0.2, -0.15) is 0 Å². The summed E-state index contributed by atoms with van der Waals surface area (Å²) >= 11 is 0. The number of aliphatic hydroxyl groups is 1. The molecule has 0 saturated heterocycles. The number of allylic oxidation sites excluding steroid dienone is 1. The minimum absolute atomic E-state index is 0.275. The third-order valence-corrected chi connectivity index (χ3v) is 6.33. The van der Waals surface area contributed by atoms with Gasteiger partial charge in [-0.1, -0.05) is 114 Å². The molecule has 0 bridgehead atoms. The van der Waals surface area contributed by atoms with E-state index in [0.717, 1.165) is 19.3 Å². The predicted molar refractivity (Wildman–Crippen MR) is 149 cm³/mol. The fraction of sp³-hybridized carbons (Fsp3) is 0.500. The maximum atomic E-state index is 12.6. The van der Waals surface area contributed by atoms with Crippen LogP contribution in [0.15, 0.2) is 72.8 Å². The molecular weight excluding hydrogens is 464 g/mol. The first-order valence-electron chi connectivity index (χ1n) is 13.9. The lowest BCUT2D eigenvalue weighted by atomic mass is 10.0. The number of hydrogen-bond acceptors (Lipinski definition) is 5.